The molecule has 5 nitrogen and oxygen atoms in total. The fourth-order valence-corrected chi connectivity index (χ4v) is 3.37. The largest absolute Gasteiger partial charge is 0.468 e. The van der Waals surface area contributed by atoms with E-state index in [1.807, 2.05) is 18.2 Å². The fourth-order valence-electron chi connectivity index (χ4n) is 3.37. The van der Waals surface area contributed by atoms with E-state index in [-0.39, 0.29) is 0 Å². The van der Waals surface area contributed by atoms with Crippen molar-refractivity contribution in [3.63, 3.8) is 0 Å². The second kappa shape index (κ2) is 8.45. The zero-order valence-electron chi connectivity index (χ0n) is 15.0. The highest BCUT2D eigenvalue weighted by Crippen LogP contribution is 2.15. The molecule has 0 atom stereocenters. The number of morpholine rings is 1. The number of para-hydroxylation sites is 1. The summed E-state index contributed by atoms with van der Waals surface area (Å²) >= 11 is 0. The van der Waals surface area contributed by atoms with E-state index in [4.69, 9.17) is 14.1 Å². The van der Waals surface area contributed by atoms with Gasteiger partial charge in [0.15, 0.2) is 0 Å². The van der Waals surface area contributed by atoms with Gasteiger partial charge >= 0.3 is 0 Å². The number of hydrogen-bond donors (Lipinski definition) is 0. The third-order valence-electron chi connectivity index (χ3n) is 4.84. The normalized spacial score (nSPS) is 15.7. The summed E-state index contributed by atoms with van der Waals surface area (Å²) in [4.78, 5) is 9.71. The van der Waals surface area contributed by atoms with E-state index in [1.165, 1.54) is 5.39 Å². The lowest BCUT2D eigenvalue weighted by Gasteiger charge is -2.29. The van der Waals surface area contributed by atoms with Crippen molar-refractivity contribution in [2.45, 2.75) is 13.1 Å². The van der Waals surface area contributed by atoms with Crippen LogP contribution in [0.4, 0.5) is 0 Å². The Morgan fingerprint density at radius 1 is 0.962 bits per heavy atom. The standard InChI is InChI=1S/C21H25N3O2/c1-2-6-21-18(4-1)7-8-19(22-21)16-24(17-20-5-3-13-26-20)10-9-23-11-14-25-15-12-23/h1-8,13H,9-12,14-17H2. The third-order valence-corrected chi connectivity index (χ3v) is 4.84. The molecule has 26 heavy (non-hydrogen) atoms. The molecule has 1 aliphatic heterocycles. The van der Waals surface area contributed by atoms with Gasteiger partial charge in [-0.3, -0.25) is 14.8 Å². The van der Waals surface area contributed by atoms with Crippen molar-refractivity contribution in [3.8, 4) is 0 Å². The van der Waals surface area contributed by atoms with Crippen molar-refractivity contribution in [1.29, 1.82) is 0 Å². The van der Waals surface area contributed by atoms with E-state index in [0.717, 1.165) is 69.5 Å². The number of aromatic nitrogens is 1. The molecule has 3 aromatic rings. The number of rotatable bonds is 7. The zero-order chi connectivity index (χ0) is 17.6. The average molecular weight is 351 g/mol. The van der Waals surface area contributed by atoms with Crippen molar-refractivity contribution in [1.82, 2.24) is 14.8 Å². The van der Waals surface area contributed by atoms with Gasteiger partial charge in [0.2, 0.25) is 0 Å². The Bertz CT molecular complexity index is 813. The number of fused-ring (bicyclic) bond motifs is 1. The highest BCUT2D eigenvalue weighted by atomic mass is 16.5. The summed E-state index contributed by atoms with van der Waals surface area (Å²) in [6.45, 7) is 7.34. The van der Waals surface area contributed by atoms with E-state index in [0.29, 0.717) is 0 Å². The van der Waals surface area contributed by atoms with Crippen molar-refractivity contribution in [3.05, 3.63) is 66.2 Å². The number of ether oxygens (including phenoxy) is 1. The van der Waals surface area contributed by atoms with E-state index in [9.17, 15) is 0 Å². The maximum atomic E-state index is 5.57. The Hall–Kier alpha value is -2.21. The van der Waals surface area contributed by atoms with E-state index in [2.05, 4.69) is 40.1 Å². The molecule has 1 aromatic carbocycles. The number of pyridine rings is 1. The fraction of sp³-hybridized carbons (Fsp3) is 0.381. The lowest BCUT2D eigenvalue weighted by Crippen LogP contribution is -2.41. The van der Waals surface area contributed by atoms with E-state index >= 15 is 0 Å². The third kappa shape index (κ3) is 4.49. The van der Waals surface area contributed by atoms with Crippen LogP contribution in [-0.2, 0) is 17.8 Å². The first-order valence-corrected chi connectivity index (χ1v) is 9.26. The molecule has 0 bridgehead atoms. The highest BCUT2D eigenvalue weighted by molar-refractivity contribution is 5.78. The number of benzene rings is 1. The minimum Gasteiger partial charge on any atom is -0.468 e. The van der Waals surface area contributed by atoms with Crippen molar-refractivity contribution >= 4 is 10.9 Å². The molecule has 0 amide bonds. The summed E-state index contributed by atoms with van der Waals surface area (Å²) in [5.74, 6) is 0.993. The minimum atomic E-state index is 0.797. The van der Waals surface area contributed by atoms with Gasteiger partial charge in [0.25, 0.3) is 0 Å². The summed E-state index contributed by atoms with van der Waals surface area (Å²) in [6.07, 6.45) is 1.74. The minimum absolute atomic E-state index is 0.797. The predicted octanol–water partition coefficient (Wildman–Crippen LogP) is 3.16. The SMILES string of the molecule is c1coc(CN(CCN2CCOCC2)Cc2ccc3ccccc3n2)c1. The van der Waals surface area contributed by atoms with Gasteiger partial charge in [-0.15, -0.1) is 0 Å². The van der Waals surface area contributed by atoms with Crippen molar-refractivity contribution in [2.24, 2.45) is 0 Å². The molecule has 2 aromatic heterocycles. The Morgan fingerprint density at radius 2 is 1.85 bits per heavy atom. The first kappa shape index (κ1) is 17.2. The Kier molecular flexibility index (Phi) is 5.59. The Balaban J connectivity index is 1.45. The predicted molar refractivity (Wildman–Crippen MR) is 102 cm³/mol. The van der Waals surface area contributed by atoms with Crippen LogP contribution in [-0.4, -0.2) is 54.2 Å². The van der Waals surface area contributed by atoms with Crippen molar-refractivity contribution < 1.29 is 9.15 Å². The van der Waals surface area contributed by atoms with E-state index in [1.54, 1.807) is 6.26 Å². The molecule has 0 spiro atoms. The van der Waals surface area contributed by atoms with Crippen LogP contribution < -0.4 is 0 Å². The maximum Gasteiger partial charge on any atom is 0.117 e. The molecule has 0 N–H and O–H groups in total. The molecule has 1 aliphatic rings. The summed E-state index contributed by atoms with van der Waals surface area (Å²) in [6, 6.07) is 16.5. The summed E-state index contributed by atoms with van der Waals surface area (Å²) in [7, 11) is 0. The number of nitrogens with zero attached hydrogens (tertiary/aromatic N) is 3. The smallest absolute Gasteiger partial charge is 0.117 e. The topological polar surface area (TPSA) is 41.7 Å². The first-order valence-electron chi connectivity index (χ1n) is 9.26. The van der Waals surface area contributed by atoms with Gasteiger partial charge in [-0.25, -0.2) is 0 Å². The summed E-state index contributed by atoms with van der Waals surface area (Å²) in [5.41, 5.74) is 2.15. The molecule has 136 valence electrons. The van der Waals surface area contributed by atoms with Gasteiger partial charge in [0.1, 0.15) is 5.76 Å². The van der Waals surface area contributed by atoms with Gasteiger partial charge in [0.05, 0.1) is 37.2 Å². The molecule has 5 heteroatoms. The van der Waals surface area contributed by atoms with Crippen molar-refractivity contribution in [2.75, 3.05) is 39.4 Å². The van der Waals surface area contributed by atoms with Crippen LogP contribution in [0.1, 0.15) is 11.5 Å². The van der Waals surface area contributed by atoms with Crippen LogP contribution in [0.25, 0.3) is 10.9 Å². The summed E-state index contributed by atoms with van der Waals surface area (Å²) < 4.78 is 11.0. The first-order chi connectivity index (χ1) is 12.9. The van der Waals surface area contributed by atoms with E-state index < -0.39 is 0 Å². The van der Waals surface area contributed by atoms with Crippen LogP contribution in [0.2, 0.25) is 0 Å². The van der Waals surface area contributed by atoms with Gasteiger partial charge < -0.3 is 9.15 Å². The molecule has 0 aliphatic carbocycles. The monoisotopic (exact) mass is 351 g/mol. The molecule has 0 radical (unpaired) electrons. The van der Waals surface area contributed by atoms with Gasteiger partial charge in [-0.05, 0) is 24.3 Å². The lowest BCUT2D eigenvalue weighted by molar-refractivity contribution is 0.0320. The second-order valence-electron chi connectivity index (χ2n) is 6.74. The Labute approximate surface area is 154 Å². The average Bonchev–Trinajstić information content (AvgIpc) is 3.20. The van der Waals surface area contributed by atoms with Crippen LogP contribution in [0.15, 0.2) is 59.2 Å². The molecular formula is C21H25N3O2. The lowest BCUT2D eigenvalue weighted by atomic mass is 10.2. The highest BCUT2D eigenvalue weighted by Gasteiger charge is 2.14. The molecule has 3 heterocycles. The molecular weight excluding hydrogens is 326 g/mol. The van der Waals surface area contributed by atoms with Crippen LogP contribution in [0, 0.1) is 0 Å². The van der Waals surface area contributed by atoms with Gasteiger partial charge in [-0.1, -0.05) is 24.3 Å². The van der Waals surface area contributed by atoms with Gasteiger partial charge in [-0.2, -0.15) is 0 Å². The Morgan fingerprint density at radius 3 is 2.69 bits per heavy atom. The summed E-state index contributed by atoms with van der Waals surface area (Å²) in [5, 5.41) is 1.18. The zero-order valence-corrected chi connectivity index (χ0v) is 15.0. The van der Waals surface area contributed by atoms with Gasteiger partial charge in [0, 0.05) is 38.1 Å². The molecule has 0 saturated carbocycles. The number of furan rings is 1. The molecule has 1 fully saturated rings. The quantitative estimate of drug-likeness (QED) is 0.654. The molecule has 1 saturated heterocycles. The van der Waals surface area contributed by atoms with Crippen LogP contribution in [0.5, 0.6) is 0 Å². The molecule has 0 unspecified atom stereocenters. The maximum absolute atomic E-state index is 5.57. The number of hydrogen-bond acceptors (Lipinski definition) is 5. The second-order valence-corrected chi connectivity index (χ2v) is 6.74. The van der Waals surface area contributed by atoms with Crippen LogP contribution in [0.3, 0.4) is 0 Å². The van der Waals surface area contributed by atoms with Crippen LogP contribution >= 0.6 is 0 Å². The molecule has 4 rings (SSSR count).